The Morgan fingerprint density at radius 1 is 1.17 bits per heavy atom. The van der Waals surface area contributed by atoms with Gasteiger partial charge in [0.15, 0.2) is 0 Å². The van der Waals surface area contributed by atoms with E-state index in [1.807, 2.05) is 6.07 Å². The molecule has 1 fully saturated rings. The van der Waals surface area contributed by atoms with Gasteiger partial charge in [0.05, 0.1) is 36.5 Å². The molecule has 0 saturated carbocycles. The number of furan rings is 1. The first-order valence-electron chi connectivity index (χ1n) is 8.86. The van der Waals surface area contributed by atoms with Crippen LogP contribution in [0.2, 0.25) is 0 Å². The van der Waals surface area contributed by atoms with E-state index in [0.29, 0.717) is 11.3 Å². The van der Waals surface area contributed by atoms with Crippen LogP contribution in [0.1, 0.15) is 17.7 Å². The number of nitrogens with zero attached hydrogens (tertiary/aromatic N) is 3. The average molecular weight is 441 g/mol. The lowest BCUT2D eigenvalue weighted by molar-refractivity contribution is -0.122. The lowest BCUT2D eigenvalue weighted by Gasteiger charge is -2.25. The van der Waals surface area contributed by atoms with Crippen molar-refractivity contribution in [3.05, 3.63) is 71.5 Å². The van der Waals surface area contributed by atoms with E-state index in [0.717, 1.165) is 20.5 Å². The first-order chi connectivity index (χ1) is 14.4. The first-order valence-corrected chi connectivity index (χ1v) is 11.2. The SMILES string of the molecule is N#Cc1ccc(N2C(=O)CC(N(Cc3ccco3)S(=O)(=O)c3cccs3)C2=O)cc1. The highest BCUT2D eigenvalue weighted by Crippen LogP contribution is 2.32. The molecule has 0 N–H and O–H groups in total. The van der Waals surface area contributed by atoms with E-state index >= 15 is 0 Å². The second kappa shape index (κ2) is 7.87. The van der Waals surface area contributed by atoms with Crippen molar-refractivity contribution in [2.75, 3.05) is 4.90 Å². The number of benzene rings is 1. The van der Waals surface area contributed by atoms with Crippen molar-refractivity contribution >= 4 is 38.9 Å². The smallest absolute Gasteiger partial charge is 0.253 e. The van der Waals surface area contributed by atoms with Crippen LogP contribution in [0.4, 0.5) is 5.69 Å². The number of imide groups is 1. The molecule has 1 aromatic carbocycles. The molecule has 3 aromatic rings. The predicted molar refractivity (Wildman–Crippen MR) is 108 cm³/mol. The number of carbonyl (C=O) groups excluding carboxylic acids is 2. The van der Waals surface area contributed by atoms with Gasteiger partial charge in [0.1, 0.15) is 16.0 Å². The second-order valence-corrected chi connectivity index (χ2v) is 9.57. The molecule has 1 atom stereocenters. The molecule has 10 heteroatoms. The van der Waals surface area contributed by atoms with Crippen molar-refractivity contribution in [2.24, 2.45) is 0 Å². The summed E-state index contributed by atoms with van der Waals surface area (Å²) in [6.07, 6.45) is 1.13. The van der Waals surface area contributed by atoms with Gasteiger partial charge in [-0.1, -0.05) is 6.07 Å². The maximum absolute atomic E-state index is 13.3. The van der Waals surface area contributed by atoms with Crippen LogP contribution < -0.4 is 4.90 Å². The number of sulfonamides is 1. The van der Waals surface area contributed by atoms with Crippen molar-refractivity contribution in [3.8, 4) is 6.07 Å². The number of carbonyl (C=O) groups is 2. The minimum Gasteiger partial charge on any atom is -0.468 e. The number of nitriles is 1. The number of thiophene rings is 1. The molecule has 0 aliphatic carbocycles. The summed E-state index contributed by atoms with van der Waals surface area (Å²) in [6.45, 7) is -0.182. The third-order valence-corrected chi connectivity index (χ3v) is 7.90. The fourth-order valence-corrected chi connectivity index (χ4v) is 5.91. The molecular formula is C20H15N3O5S2. The van der Waals surface area contributed by atoms with E-state index in [9.17, 15) is 18.0 Å². The first kappa shape index (κ1) is 20.0. The van der Waals surface area contributed by atoms with Gasteiger partial charge in [0.25, 0.3) is 15.9 Å². The number of anilines is 1. The van der Waals surface area contributed by atoms with Crippen LogP contribution in [0.25, 0.3) is 0 Å². The molecule has 0 radical (unpaired) electrons. The van der Waals surface area contributed by atoms with Gasteiger partial charge >= 0.3 is 0 Å². The van der Waals surface area contributed by atoms with Crippen molar-refractivity contribution in [3.63, 3.8) is 0 Å². The Morgan fingerprint density at radius 2 is 1.93 bits per heavy atom. The summed E-state index contributed by atoms with van der Waals surface area (Å²) in [5.41, 5.74) is 0.673. The maximum Gasteiger partial charge on any atom is 0.253 e. The number of hydrogen-bond acceptors (Lipinski definition) is 7. The molecule has 152 valence electrons. The summed E-state index contributed by atoms with van der Waals surface area (Å²) in [4.78, 5) is 26.8. The standard InChI is InChI=1S/C20H15N3O5S2/c21-12-14-5-7-15(8-6-14)23-18(24)11-17(20(23)25)22(13-16-3-1-9-28-16)30(26,27)19-4-2-10-29-19/h1-10,17H,11,13H2. The zero-order valence-electron chi connectivity index (χ0n) is 15.5. The molecule has 0 bridgehead atoms. The van der Waals surface area contributed by atoms with Crippen LogP contribution in [-0.2, 0) is 26.2 Å². The van der Waals surface area contributed by atoms with Crippen LogP contribution in [-0.4, -0.2) is 30.6 Å². The Bertz CT molecular complexity index is 1210. The molecule has 1 aliphatic heterocycles. The Labute approximate surface area is 176 Å². The van der Waals surface area contributed by atoms with E-state index < -0.39 is 27.9 Å². The van der Waals surface area contributed by atoms with Crippen molar-refractivity contribution in [1.29, 1.82) is 5.26 Å². The molecule has 2 aromatic heterocycles. The van der Waals surface area contributed by atoms with Crippen LogP contribution in [0, 0.1) is 11.3 Å². The summed E-state index contributed by atoms with van der Waals surface area (Å²) in [5.74, 6) is -0.802. The van der Waals surface area contributed by atoms with Crippen LogP contribution in [0.5, 0.6) is 0 Å². The minimum atomic E-state index is -4.04. The Morgan fingerprint density at radius 3 is 2.53 bits per heavy atom. The molecule has 4 rings (SSSR count). The summed E-state index contributed by atoms with van der Waals surface area (Å²) in [7, 11) is -4.04. The van der Waals surface area contributed by atoms with Crippen LogP contribution in [0.3, 0.4) is 0 Å². The summed E-state index contributed by atoms with van der Waals surface area (Å²) in [5, 5.41) is 10.6. The zero-order valence-corrected chi connectivity index (χ0v) is 17.1. The third-order valence-electron chi connectivity index (χ3n) is 4.67. The second-order valence-electron chi connectivity index (χ2n) is 6.51. The van der Waals surface area contributed by atoms with E-state index in [2.05, 4.69) is 0 Å². The molecule has 1 saturated heterocycles. The maximum atomic E-state index is 13.3. The molecule has 0 spiro atoms. The molecular weight excluding hydrogens is 426 g/mol. The van der Waals surface area contributed by atoms with Gasteiger partial charge in [-0.3, -0.25) is 9.59 Å². The highest BCUT2D eigenvalue weighted by atomic mass is 32.2. The van der Waals surface area contributed by atoms with Gasteiger partial charge in [-0.25, -0.2) is 13.3 Å². The highest BCUT2D eigenvalue weighted by molar-refractivity contribution is 7.91. The average Bonchev–Trinajstić information content (AvgIpc) is 3.49. The molecule has 1 unspecified atom stereocenters. The summed E-state index contributed by atoms with van der Waals surface area (Å²) in [6, 6.07) is 13.0. The summed E-state index contributed by atoms with van der Waals surface area (Å²) < 4.78 is 32.9. The Hall–Kier alpha value is -3.26. The fraction of sp³-hybridized carbons (Fsp3) is 0.150. The van der Waals surface area contributed by atoms with Crippen molar-refractivity contribution in [2.45, 2.75) is 23.2 Å². The monoisotopic (exact) mass is 441 g/mol. The highest BCUT2D eigenvalue weighted by Gasteiger charge is 2.47. The fourth-order valence-electron chi connectivity index (χ4n) is 3.24. The molecule has 3 heterocycles. The van der Waals surface area contributed by atoms with Crippen LogP contribution in [0.15, 0.2) is 68.8 Å². The Balaban J connectivity index is 1.71. The minimum absolute atomic E-state index is 0.0751. The van der Waals surface area contributed by atoms with Crippen LogP contribution >= 0.6 is 11.3 Å². The zero-order chi connectivity index (χ0) is 21.3. The van der Waals surface area contributed by atoms with Gasteiger partial charge in [-0.15, -0.1) is 11.3 Å². The van der Waals surface area contributed by atoms with Crippen molar-refractivity contribution < 1.29 is 22.4 Å². The normalized spacial score (nSPS) is 16.9. The molecule has 30 heavy (non-hydrogen) atoms. The molecule has 2 amide bonds. The van der Waals surface area contributed by atoms with Gasteiger partial charge < -0.3 is 4.42 Å². The predicted octanol–water partition coefficient (Wildman–Crippen LogP) is 2.74. The van der Waals surface area contributed by atoms with Crippen molar-refractivity contribution in [1.82, 2.24) is 4.31 Å². The van der Waals surface area contributed by atoms with Gasteiger partial charge in [-0.2, -0.15) is 9.57 Å². The van der Waals surface area contributed by atoms with Gasteiger partial charge in [0, 0.05) is 0 Å². The van der Waals surface area contributed by atoms with E-state index in [4.69, 9.17) is 9.68 Å². The Kier molecular flexibility index (Phi) is 5.26. The number of hydrogen-bond donors (Lipinski definition) is 0. The molecule has 1 aliphatic rings. The lowest BCUT2D eigenvalue weighted by Crippen LogP contribution is -2.44. The largest absolute Gasteiger partial charge is 0.468 e. The molecule has 8 nitrogen and oxygen atoms in total. The third kappa shape index (κ3) is 3.54. The van der Waals surface area contributed by atoms with E-state index in [-0.39, 0.29) is 22.9 Å². The summed E-state index contributed by atoms with van der Waals surface area (Å²) >= 11 is 1.03. The van der Waals surface area contributed by atoms with E-state index in [1.54, 1.807) is 23.6 Å². The van der Waals surface area contributed by atoms with E-state index in [1.165, 1.54) is 36.6 Å². The number of rotatable bonds is 6. The lowest BCUT2D eigenvalue weighted by atomic mass is 10.2. The quantitative estimate of drug-likeness (QED) is 0.544. The topological polar surface area (TPSA) is 112 Å². The number of amides is 2. The van der Waals surface area contributed by atoms with Gasteiger partial charge in [-0.05, 0) is 47.8 Å². The van der Waals surface area contributed by atoms with Gasteiger partial charge in [0.2, 0.25) is 5.91 Å².